The molecule has 3 N–H and O–H groups in total. The second kappa shape index (κ2) is 8.67. The molecule has 4 heteroatoms. The first-order valence-electron chi connectivity index (χ1n) is 6.76. The number of nitrogens with two attached hydrogens (primary N) is 1. The molecule has 0 aliphatic carbocycles. The van der Waals surface area contributed by atoms with Gasteiger partial charge in [0.05, 0.1) is 12.6 Å². The molecule has 1 rings (SSSR count). The van der Waals surface area contributed by atoms with Crippen LogP contribution in [0.5, 0.6) is 0 Å². The zero-order valence-electron chi connectivity index (χ0n) is 11.8. The molecule has 0 saturated carbocycles. The van der Waals surface area contributed by atoms with E-state index in [0.29, 0.717) is 19.4 Å². The third-order valence-electron chi connectivity index (χ3n) is 3.14. The molecule has 2 unspecified atom stereocenters. The van der Waals surface area contributed by atoms with Crippen LogP contribution >= 0.6 is 0 Å². The lowest BCUT2D eigenvalue weighted by Crippen LogP contribution is -2.37. The Balaban J connectivity index is 2.33. The van der Waals surface area contributed by atoms with Crippen molar-refractivity contribution in [1.82, 2.24) is 5.32 Å². The van der Waals surface area contributed by atoms with Gasteiger partial charge in [0.25, 0.3) is 0 Å². The minimum atomic E-state index is -0.0885. The molecule has 0 spiro atoms. The number of nitrogens with one attached hydrogen (secondary N) is 1. The lowest BCUT2D eigenvalue weighted by atomic mass is 10.0. The van der Waals surface area contributed by atoms with Crippen molar-refractivity contribution in [3.8, 4) is 0 Å². The van der Waals surface area contributed by atoms with Crippen LogP contribution in [-0.4, -0.2) is 25.7 Å². The maximum atomic E-state index is 11.8. The van der Waals surface area contributed by atoms with Crippen LogP contribution in [0.15, 0.2) is 30.3 Å². The second-order valence-corrected chi connectivity index (χ2v) is 4.68. The SMILES string of the molecule is CCC(COC)NC(=O)CCC(N)c1ccccc1. The van der Waals surface area contributed by atoms with Crippen molar-refractivity contribution in [2.75, 3.05) is 13.7 Å². The number of carbonyl (C=O) groups is 1. The second-order valence-electron chi connectivity index (χ2n) is 4.68. The van der Waals surface area contributed by atoms with E-state index in [2.05, 4.69) is 5.32 Å². The maximum Gasteiger partial charge on any atom is 0.220 e. The van der Waals surface area contributed by atoms with E-state index in [4.69, 9.17) is 10.5 Å². The third kappa shape index (κ3) is 5.85. The van der Waals surface area contributed by atoms with Gasteiger partial charge in [-0.15, -0.1) is 0 Å². The van der Waals surface area contributed by atoms with Crippen LogP contribution in [0.25, 0.3) is 0 Å². The van der Waals surface area contributed by atoms with Gasteiger partial charge in [0.15, 0.2) is 0 Å². The molecular formula is C15H24N2O2. The van der Waals surface area contributed by atoms with Gasteiger partial charge in [-0.25, -0.2) is 0 Å². The number of rotatable bonds is 8. The number of hydrogen-bond acceptors (Lipinski definition) is 3. The summed E-state index contributed by atoms with van der Waals surface area (Å²) in [6, 6.07) is 9.85. The number of carbonyl (C=O) groups excluding carboxylic acids is 1. The molecule has 4 nitrogen and oxygen atoms in total. The Bertz CT molecular complexity index is 368. The molecule has 0 heterocycles. The summed E-state index contributed by atoms with van der Waals surface area (Å²) in [5.74, 6) is 0.0373. The van der Waals surface area contributed by atoms with E-state index in [1.165, 1.54) is 0 Å². The van der Waals surface area contributed by atoms with Gasteiger partial charge in [-0.3, -0.25) is 4.79 Å². The van der Waals surface area contributed by atoms with E-state index in [1.54, 1.807) is 7.11 Å². The highest BCUT2D eigenvalue weighted by atomic mass is 16.5. The Hall–Kier alpha value is -1.39. The van der Waals surface area contributed by atoms with Crippen LogP contribution in [0.3, 0.4) is 0 Å². The molecule has 19 heavy (non-hydrogen) atoms. The van der Waals surface area contributed by atoms with E-state index in [9.17, 15) is 4.79 Å². The van der Waals surface area contributed by atoms with Gasteiger partial charge in [-0.05, 0) is 18.4 Å². The quantitative estimate of drug-likeness (QED) is 0.755. The summed E-state index contributed by atoms with van der Waals surface area (Å²) in [4.78, 5) is 11.8. The van der Waals surface area contributed by atoms with E-state index in [-0.39, 0.29) is 18.0 Å². The summed E-state index contributed by atoms with van der Waals surface area (Å²) in [6.07, 6.45) is 1.96. The van der Waals surface area contributed by atoms with E-state index in [1.807, 2.05) is 37.3 Å². The maximum absolute atomic E-state index is 11.8. The Kier molecular flexibility index (Phi) is 7.15. The average molecular weight is 264 g/mol. The van der Waals surface area contributed by atoms with Gasteiger partial charge in [0.2, 0.25) is 5.91 Å². The molecule has 0 saturated heterocycles. The van der Waals surface area contributed by atoms with Crippen molar-refractivity contribution >= 4 is 5.91 Å². The normalized spacial score (nSPS) is 13.8. The van der Waals surface area contributed by atoms with Crippen molar-refractivity contribution in [3.05, 3.63) is 35.9 Å². The van der Waals surface area contributed by atoms with E-state index >= 15 is 0 Å². The summed E-state index contributed by atoms with van der Waals surface area (Å²) in [5, 5.41) is 2.95. The first-order valence-corrected chi connectivity index (χ1v) is 6.76. The number of amides is 1. The van der Waals surface area contributed by atoms with Crippen LogP contribution in [0, 0.1) is 0 Å². The zero-order chi connectivity index (χ0) is 14.1. The number of hydrogen-bond donors (Lipinski definition) is 2. The first-order chi connectivity index (χ1) is 9.17. The Labute approximate surface area is 115 Å². The lowest BCUT2D eigenvalue weighted by molar-refractivity contribution is -0.122. The molecule has 1 amide bonds. The predicted molar refractivity (Wildman–Crippen MR) is 76.7 cm³/mol. The summed E-state index contributed by atoms with van der Waals surface area (Å²) >= 11 is 0. The molecule has 1 aromatic rings. The molecule has 106 valence electrons. The van der Waals surface area contributed by atoms with Crippen LogP contribution in [-0.2, 0) is 9.53 Å². The largest absolute Gasteiger partial charge is 0.383 e. The average Bonchev–Trinajstić information content (AvgIpc) is 2.45. The highest BCUT2D eigenvalue weighted by Crippen LogP contribution is 2.14. The lowest BCUT2D eigenvalue weighted by Gasteiger charge is -2.17. The number of ether oxygens (including phenoxy) is 1. The highest BCUT2D eigenvalue weighted by Gasteiger charge is 2.12. The van der Waals surface area contributed by atoms with Crippen molar-refractivity contribution < 1.29 is 9.53 Å². The van der Waals surface area contributed by atoms with Gasteiger partial charge in [-0.2, -0.15) is 0 Å². The number of benzene rings is 1. The standard InChI is InChI=1S/C15H24N2O2/c1-3-13(11-19-2)17-15(18)10-9-14(16)12-7-5-4-6-8-12/h4-8,13-14H,3,9-11,16H2,1-2H3,(H,17,18). The molecule has 1 aromatic carbocycles. The number of methoxy groups -OCH3 is 1. The van der Waals surface area contributed by atoms with Crippen molar-refractivity contribution in [1.29, 1.82) is 0 Å². The topological polar surface area (TPSA) is 64.3 Å². The van der Waals surface area contributed by atoms with E-state index < -0.39 is 0 Å². The van der Waals surface area contributed by atoms with Crippen LogP contribution in [0.1, 0.15) is 37.8 Å². The minimum Gasteiger partial charge on any atom is -0.383 e. The molecule has 0 bridgehead atoms. The summed E-state index contributed by atoms with van der Waals surface area (Å²) in [5.41, 5.74) is 7.13. The molecule has 0 aliphatic rings. The first kappa shape index (κ1) is 15.7. The Morgan fingerprint density at radius 3 is 2.63 bits per heavy atom. The fourth-order valence-corrected chi connectivity index (χ4v) is 1.92. The summed E-state index contributed by atoms with van der Waals surface area (Å²) in [6.45, 7) is 2.58. The van der Waals surface area contributed by atoms with Crippen LogP contribution in [0.4, 0.5) is 0 Å². The molecule has 0 aromatic heterocycles. The van der Waals surface area contributed by atoms with Crippen molar-refractivity contribution in [2.45, 2.75) is 38.3 Å². The van der Waals surface area contributed by atoms with Gasteiger partial charge in [0, 0.05) is 19.6 Å². The molecule has 0 aliphatic heterocycles. The van der Waals surface area contributed by atoms with Gasteiger partial charge < -0.3 is 15.8 Å². The zero-order valence-corrected chi connectivity index (χ0v) is 11.8. The van der Waals surface area contributed by atoms with Gasteiger partial charge in [0.1, 0.15) is 0 Å². The van der Waals surface area contributed by atoms with Gasteiger partial charge in [-0.1, -0.05) is 37.3 Å². The van der Waals surface area contributed by atoms with Crippen LogP contribution in [0.2, 0.25) is 0 Å². The Morgan fingerprint density at radius 1 is 1.37 bits per heavy atom. The third-order valence-corrected chi connectivity index (χ3v) is 3.14. The summed E-state index contributed by atoms with van der Waals surface area (Å²) < 4.78 is 5.05. The molecule has 0 radical (unpaired) electrons. The fraction of sp³-hybridized carbons (Fsp3) is 0.533. The Morgan fingerprint density at radius 2 is 2.05 bits per heavy atom. The predicted octanol–water partition coefficient (Wildman–Crippen LogP) is 2.01. The van der Waals surface area contributed by atoms with Crippen molar-refractivity contribution in [2.24, 2.45) is 5.73 Å². The van der Waals surface area contributed by atoms with Crippen LogP contribution < -0.4 is 11.1 Å². The van der Waals surface area contributed by atoms with E-state index in [0.717, 1.165) is 12.0 Å². The smallest absolute Gasteiger partial charge is 0.220 e. The minimum absolute atomic E-state index is 0.0373. The summed E-state index contributed by atoms with van der Waals surface area (Å²) in [7, 11) is 1.64. The molecular weight excluding hydrogens is 240 g/mol. The van der Waals surface area contributed by atoms with Gasteiger partial charge >= 0.3 is 0 Å². The highest BCUT2D eigenvalue weighted by molar-refractivity contribution is 5.76. The molecule has 2 atom stereocenters. The fourth-order valence-electron chi connectivity index (χ4n) is 1.92. The van der Waals surface area contributed by atoms with Crippen molar-refractivity contribution in [3.63, 3.8) is 0 Å². The molecule has 0 fully saturated rings. The monoisotopic (exact) mass is 264 g/mol.